The van der Waals surface area contributed by atoms with Gasteiger partial charge >= 0.3 is 5.97 Å². The molecule has 0 radical (unpaired) electrons. The van der Waals surface area contributed by atoms with E-state index >= 15 is 0 Å². The van der Waals surface area contributed by atoms with E-state index in [1.807, 2.05) is 0 Å². The Bertz CT molecular complexity index is 876. The molecule has 0 saturated heterocycles. The first-order valence-electron chi connectivity index (χ1n) is 10.1. The molecular formula is C21H24N2O8. The minimum Gasteiger partial charge on any atom is -0.481 e. The molecule has 2 unspecified atom stereocenters. The maximum Gasteiger partial charge on any atom is 0.303 e. The number of unbranched alkanes of at least 4 members (excludes halogenated alkanes) is 3. The summed E-state index contributed by atoms with van der Waals surface area (Å²) in [5.74, 6) is -1.65. The van der Waals surface area contributed by atoms with Crippen LogP contribution in [0.2, 0.25) is 0 Å². The Morgan fingerprint density at radius 1 is 1.03 bits per heavy atom. The fourth-order valence-corrected chi connectivity index (χ4v) is 3.79. The maximum atomic E-state index is 12.5. The van der Waals surface area contributed by atoms with Gasteiger partial charge in [-0.3, -0.25) is 34.6 Å². The molecule has 0 heterocycles. The smallest absolute Gasteiger partial charge is 0.303 e. The van der Waals surface area contributed by atoms with Crippen LogP contribution in [0.4, 0.5) is 11.4 Å². The van der Waals surface area contributed by atoms with Crippen molar-refractivity contribution in [2.75, 3.05) is 0 Å². The summed E-state index contributed by atoms with van der Waals surface area (Å²) in [7, 11) is 0. The van der Waals surface area contributed by atoms with Crippen LogP contribution in [0.15, 0.2) is 30.4 Å². The van der Waals surface area contributed by atoms with Crippen LogP contribution in [0.25, 0.3) is 0 Å². The Kier molecular flexibility index (Phi) is 8.53. The molecule has 31 heavy (non-hydrogen) atoms. The molecule has 1 aromatic rings. The highest BCUT2D eigenvalue weighted by molar-refractivity contribution is 6.05. The molecule has 0 aliphatic heterocycles. The van der Waals surface area contributed by atoms with E-state index in [0.29, 0.717) is 25.7 Å². The van der Waals surface area contributed by atoms with E-state index in [4.69, 9.17) is 5.11 Å². The number of non-ortho nitro benzene ring substituents is 2. The van der Waals surface area contributed by atoms with E-state index in [1.165, 1.54) is 6.08 Å². The van der Waals surface area contributed by atoms with Crippen molar-refractivity contribution < 1.29 is 29.3 Å². The second kappa shape index (κ2) is 11.1. The van der Waals surface area contributed by atoms with Gasteiger partial charge in [-0.1, -0.05) is 25.3 Å². The number of nitro benzene ring substituents is 2. The van der Waals surface area contributed by atoms with Gasteiger partial charge in [0.25, 0.3) is 11.4 Å². The van der Waals surface area contributed by atoms with Gasteiger partial charge < -0.3 is 5.11 Å². The summed E-state index contributed by atoms with van der Waals surface area (Å²) in [4.78, 5) is 55.6. The van der Waals surface area contributed by atoms with Gasteiger partial charge in [-0.25, -0.2) is 0 Å². The molecule has 2 atom stereocenters. The fraction of sp³-hybridized carbons (Fsp3) is 0.476. The molecule has 1 saturated carbocycles. The maximum absolute atomic E-state index is 12.5. The van der Waals surface area contributed by atoms with Crippen LogP contribution in [-0.2, 0) is 9.59 Å². The van der Waals surface area contributed by atoms with E-state index in [0.717, 1.165) is 37.5 Å². The number of carboxylic acid groups (broad SMARTS) is 1. The van der Waals surface area contributed by atoms with Crippen LogP contribution in [0.5, 0.6) is 0 Å². The van der Waals surface area contributed by atoms with E-state index in [9.17, 15) is 34.6 Å². The summed E-state index contributed by atoms with van der Waals surface area (Å²) in [6.07, 6.45) is 7.62. The van der Waals surface area contributed by atoms with E-state index in [-0.39, 0.29) is 29.6 Å². The van der Waals surface area contributed by atoms with E-state index in [2.05, 4.69) is 0 Å². The second-order valence-electron chi connectivity index (χ2n) is 7.60. The summed E-state index contributed by atoms with van der Waals surface area (Å²) in [6, 6.07) is 2.78. The van der Waals surface area contributed by atoms with E-state index < -0.39 is 33.0 Å². The third kappa shape index (κ3) is 7.09. The van der Waals surface area contributed by atoms with Gasteiger partial charge in [0.1, 0.15) is 5.78 Å². The molecule has 10 nitrogen and oxygen atoms in total. The number of carbonyl (C=O) groups is 3. The number of carbonyl (C=O) groups excluding carboxylic acids is 2. The predicted octanol–water partition coefficient (Wildman–Crippen LogP) is 4.26. The summed E-state index contributed by atoms with van der Waals surface area (Å²) in [5, 5.41) is 30.6. The lowest BCUT2D eigenvalue weighted by molar-refractivity contribution is -0.394. The molecule has 1 aliphatic rings. The van der Waals surface area contributed by atoms with Gasteiger partial charge in [0.2, 0.25) is 0 Å². The number of rotatable bonds is 12. The number of Topliss-reactive ketones (excluding diaryl/α,β-unsaturated/α-hetero) is 1. The molecule has 1 fully saturated rings. The number of ketones is 2. The molecule has 0 amide bonds. The Balaban J connectivity index is 2.00. The number of hydrogen-bond acceptors (Lipinski definition) is 7. The van der Waals surface area contributed by atoms with Crippen molar-refractivity contribution in [3.05, 3.63) is 56.1 Å². The average molecular weight is 432 g/mol. The first-order valence-corrected chi connectivity index (χ1v) is 10.1. The van der Waals surface area contributed by atoms with Crippen LogP contribution in [0.1, 0.15) is 61.7 Å². The molecule has 166 valence electrons. The van der Waals surface area contributed by atoms with Crippen molar-refractivity contribution in [3.63, 3.8) is 0 Å². The van der Waals surface area contributed by atoms with Crippen molar-refractivity contribution in [3.8, 4) is 0 Å². The standard InChI is InChI=1S/C21H24N2O8/c24-19(15-11-16(22(28)29)13-17(12-15)23(30)31)9-7-14-8-10-20(25)18(14)5-3-1-2-4-6-21(26)27/h7,9,11-14,18H,1-6,8,10H2,(H,26,27). The Morgan fingerprint density at radius 2 is 1.65 bits per heavy atom. The predicted molar refractivity (Wildman–Crippen MR) is 110 cm³/mol. The first-order chi connectivity index (χ1) is 14.7. The molecule has 10 heteroatoms. The van der Waals surface area contributed by atoms with Gasteiger partial charge in [-0.2, -0.15) is 0 Å². The molecule has 2 rings (SSSR count). The Morgan fingerprint density at radius 3 is 2.23 bits per heavy atom. The van der Waals surface area contributed by atoms with Crippen LogP contribution in [0.3, 0.4) is 0 Å². The first kappa shape index (κ1) is 23.8. The quantitative estimate of drug-likeness (QED) is 0.169. The van der Waals surface area contributed by atoms with Crippen LogP contribution in [0, 0.1) is 32.1 Å². The van der Waals surface area contributed by atoms with Crippen molar-refractivity contribution in [2.24, 2.45) is 11.8 Å². The number of benzene rings is 1. The second-order valence-corrected chi connectivity index (χ2v) is 7.60. The number of nitrogens with zero attached hydrogens (tertiary/aromatic N) is 2. The normalized spacial score (nSPS) is 18.4. The van der Waals surface area contributed by atoms with Gasteiger partial charge in [-0.15, -0.1) is 0 Å². The SMILES string of the molecule is O=C(O)CCCCCCC1C(=O)CCC1C=CC(=O)c1cc([N+](=O)[O-])cc([N+](=O)[O-])c1. The molecule has 1 N–H and O–H groups in total. The molecule has 0 spiro atoms. The van der Waals surface area contributed by atoms with Crippen LogP contribution in [-0.4, -0.2) is 32.5 Å². The highest BCUT2D eigenvalue weighted by Crippen LogP contribution is 2.34. The van der Waals surface area contributed by atoms with Crippen LogP contribution >= 0.6 is 0 Å². The molecular weight excluding hydrogens is 408 g/mol. The molecule has 0 bridgehead atoms. The topological polar surface area (TPSA) is 158 Å². The zero-order valence-electron chi connectivity index (χ0n) is 16.9. The van der Waals surface area contributed by atoms with Crippen molar-refractivity contribution in [1.82, 2.24) is 0 Å². The highest BCUT2D eigenvalue weighted by Gasteiger charge is 2.32. The van der Waals surface area contributed by atoms with E-state index in [1.54, 1.807) is 6.08 Å². The average Bonchev–Trinajstić information content (AvgIpc) is 3.07. The summed E-state index contributed by atoms with van der Waals surface area (Å²) < 4.78 is 0. The lowest BCUT2D eigenvalue weighted by atomic mass is 9.89. The molecule has 1 aliphatic carbocycles. The molecule has 0 aromatic heterocycles. The van der Waals surface area contributed by atoms with Crippen LogP contribution < -0.4 is 0 Å². The van der Waals surface area contributed by atoms with Crippen molar-refractivity contribution in [2.45, 2.75) is 51.4 Å². The number of nitro groups is 2. The lowest BCUT2D eigenvalue weighted by Crippen LogP contribution is -2.13. The monoisotopic (exact) mass is 432 g/mol. The third-order valence-electron chi connectivity index (χ3n) is 5.41. The minimum atomic E-state index is -0.824. The number of hydrogen-bond donors (Lipinski definition) is 1. The summed E-state index contributed by atoms with van der Waals surface area (Å²) in [6.45, 7) is 0. The lowest BCUT2D eigenvalue weighted by Gasteiger charge is -2.14. The summed E-state index contributed by atoms with van der Waals surface area (Å²) in [5.41, 5.74) is -1.23. The van der Waals surface area contributed by atoms with Crippen molar-refractivity contribution in [1.29, 1.82) is 0 Å². The van der Waals surface area contributed by atoms with Crippen molar-refractivity contribution >= 4 is 28.9 Å². The van der Waals surface area contributed by atoms with Gasteiger partial charge in [-0.05, 0) is 31.3 Å². The minimum absolute atomic E-state index is 0.124. The molecule has 1 aromatic carbocycles. The van der Waals surface area contributed by atoms with Gasteiger partial charge in [0.05, 0.1) is 15.9 Å². The third-order valence-corrected chi connectivity index (χ3v) is 5.41. The zero-order chi connectivity index (χ0) is 23.0. The largest absolute Gasteiger partial charge is 0.481 e. The fourth-order valence-electron chi connectivity index (χ4n) is 3.79. The Labute approximate surface area is 178 Å². The van der Waals surface area contributed by atoms with Gasteiger partial charge in [0.15, 0.2) is 5.78 Å². The Hall–Kier alpha value is -3.43. The van der Waals surface area contributed by atoms with Gasteiger partial charge in [0, 0.05) is 36.5 Å². The highest BCUT2D eigenvalue weighted by atomic mass is 16.6. The number of allylic oxidation sites excluding steroid dienone is 2. The number of carboxylic acids is 1. The summed E-state index contributed by atoms with van der Waals surface area (Å²) >= 11 is 0. The zero-order valence-corrected chi connectivity index (χ0v) is 16.9. The number of aliphatic carboxylic acids is 1.